The summed E-state index contributed by atoms with van der Waals surface area (Å²) in [5, 5.41) is 20.0. The third-order valence-corrected chi connectivity index (χ3v) is 4.66. The Bertz CT molecular complexity index is 1180. The number of amides is 1. The highest BCUT2D eigenvalue weighted by Gasteiger charge is 2.13. The van der Waals surface area contributed by atoms with Gasteiger partial charge in [-0.2, -0.15) is 10.4 Å². The smallest absolute Gasteiger partial charge is 0.269 e. The quantitative estimate of drug-likeness (QED) is 0.501. The number of aryl methyl sites for hydroxylation is 1. The zero-order chi connectivity index (χ0) is 19.5. The van der Waals surface area contributed by atoms with E-state index in [0.717, 1.165) is 22.2 Å². The molecule has 3 heterocycles. The second-order valence-electron chi connectivity index (χ2n) is 6.49. The summed E-state index contributed by atoms with van der Waals surface area (Å²) in [6, 6.07) is 15.0. The molecule has 4 aromatic rings. The number of rotatable bonds is 5. The summed E-state index contributed by atoms with van der Waals surface area (Å²) in [4.78, 5) is 20.0. The van der Waals surface area contributed by atoms with Crippen molar-refractivity contribution >= 4 is 16.8 Å². The first kappa shape index (κ1) is 17.5. The Hall–Kier alpha value is -3.92. The fourth-order valence-electron chi connectivity index (χ4n) is 3.25. The lowest BCUT2D eigenvalue weighted by Gasteiger charge is -2.04. The van der Waals surface area contributed by atoms with Gasteiger partial charge in [-0.05, 0) is 55.3 Å². The van der Waals surface area contributed by atoms with Gasteiger partial charge in [0.05, 0.1) is 17.3 Å². The van der Waals surface area contributed by atoms with Crippen molar-refractivity contribution in [3.63, 3.8) is 0 Å². The summed E-state index contributed by atoms with van der Waals surface area (Å²) in [5.41, 5.74) is 5.48. The van der Waals surface area contributed by atoms with Crippen molar-refractivity contribution in [2.75, 3.05) is 6.54 Å². The van der Waals surface area contributed by atoms with Crippen LogP contribution in [0.15, 0.2) is 48.7 Å². The third kappa shape index (κ3) is 3.35. The number of aromatic nitrogens is 4. The molecule has 1 aromatic carbocycles. The summed E-state index contributed by atoms with van der Waals surface area (Å²) in [6.07, 6.45) is 2.35. The normalized spacial score (nSPS) is 10.7. The number of pyridine rings is 1. The number of carbonyl (C=O) groups excluding carboxylic acids is 1. The molecule has 0 aliphatic rings. The van der Waals surface area contributed by atoms with E-state index < -0.39 is 0 Å². The van der Waals surface area contributed by atoms with Crippen molar-refractivity contribution in [1.29, 1.82) is 5.26 Å². The number of nitriles is 1. The maximum atomic E-state index is 12.4. The average Bonchev–Trinajstić information content (AvgIpc) is 3.33. The van der Waals surface area contributed by atoms with Gasteiger partial charge in [0, 0.05) is 29.3 Å². The predicted molar refractivity (Wildman–Crippen MR) is 106 cm³/mol. The summed E-state index contributed by atoms with van der Waals surface area (Å²) in [5.74, 6) is -0.218. The van der Waals surface area contributed by atoms with Crippen molar-refractivity contribution in [2.45, 2.75) is 13.3 Å². The van der Waals surface area contributed by atoms with Gasteiger partial charge in [0.15, 0.2) is 0 Å². The third-order valence-electron chi connectivity index (χ3n) is 4.66. The Labute approximate surface area is 161 Å². The Morgan fingerprint density at radius 1 is 1.21 bits per heavy atom. The zero-order valence-electron chi connectivity index (χ0n) is 15.3. The van der Waals surface area contributed by atoms with E-state index in [1.807, 2.05) is 37.3 Å². The van der Waals surface area contributed by atoms with E-state index in [2.05, 4.69) is 31.6 Å². The first-order valence-corrected chi connectivity index (χ1v) is 8.92. The Morgan fingerprint density at radius 3 is 2.89 bits per heavy atom. The van der Waals surface area contributed by atoms with Crippen LogP contribution in [0.5, 0.6) is 0 Å². The van der Waals surface area contributed by atoms with Gasteiger partial charge in [-0.15, -0.1) is 0 Å². The van der Waals surface area contributed by atoms with E-state index in [-0.39, 0.29) is 5.91 Å². The molecule has 3 N–H and O–H groups in total. The molecule has 0 atom stereocenters. The summed E-state index contributed by atoms with van der Waals surface area (Å²) in [6.45, 7) is 2.47. The average molecular weight is 370 g/mol. The van der Waals surface area contributed by atoms with Gasteiger partial charge in [-0.3, -0.25) is 14.9 Å². The predicted octanol–water partition coefficient (Wildman–Crippen LogP) is 3.11. The molecule has 0 aliphatic carbocycles. The van der Waals surface area contributed by atoms with E-state index in [4.69, 9.17) is 5.26 Å². The molecule has 28 heavy (non-hydrogen) atoms. The monoisotopic (exact) mass is 370 g/mol. The van der Waals surface area contributed by atoms with Gasteiger partial charge in [0.1, 0.15) is 11.4 Å². The minimum absolute atomic E-state index is 0.218. The first-order valence-electron chi connectivity index (χ1n) is 8.92. The lowest BCUT2D eigenvalue weighted by Crippen LogP contribution is -2.26. The van der Waals surface area contributed by atoms with Gasteiger partial charge in [0.2, 0.25) is 0 Å². The molecular weight excluding hydrogens is 352 g/mol. The fraction of sp³-hybridized carbons (Fsp3) is 0.143. The maximum absolute atomic E-state index is 12.4. The molecule has 7 nitrogen and oxygen atoms in total. The van der Waals surface area contributed by atoms with Crippen molar-refractivity contribution in [3.05, 3.63) is 71.2 Å². The minimum atomic E-state index is -0.218. The number of aromatic amines is 2. The van der Waals surface area contributed by atoms with Crippen LogP contribution in [0.4, 0.5) is 0 Å². The first-order chi connectivity index (χ1) is 13.7. The maximum Gasteiger partial charge on any atom is 0.269 e. The molecule has 0 saturated heterocycles. The summed E-state index contributed by atoms with van der Waals surface area (Å²) >= 11 is 0. The molecule has 0 aliphatic heterocycles. The molecule has 0 radical (unpaired) electrons. The summed E-state index contributed by atoms with van der Waals surface area (Å²) < 4.78 is 0. The number of hydrogen-bond acceptors (Lipinski definition) is 4. The fourth-order valence-corrected chi connectivity index (χ4v) is 3.25. The molecule has 0 unspecified atom stereocenters. The number of benzene rings is 1. The zero-order valence-corrected chi connectivity index (χ0v) is 15.3. The lowest BCUT2D eigenvalue weighted by molar-refractivity contribution is 0.0949. The Morgan fingerprint density at radius 2 is 2.11 bits per heavy atom. The molecule has 0 fully saturated rings. The number of hydrogen-bond donors (Lipinski definition) is 3. The van der Waals surface area contributed by atoms with Crippen molar-refractivity contribution in [3.8, 4) is 17.5 Å². The van der Waals surface area contributed by atoms with Crippen LogP contribution >= 0.6 is 0 Å². The van der Waals surface area contributed by atoms with E-state index in [1.54, 1.807) is 18.3 Å². The molecule has 1 amide bonds. The van der Waals surface area contributed by atoms with Gasteiger partial charge in [-0.25, -0.2) is 0 Å². The highest BCUT2D eigenvalue weighted by molar-refractivity contribution is 5.93. The van der Waals surface area contributed by atoms with Crippen LogP contribution in [0, 0.1) is 18.3 Å². The standard InChI is InChI=1S/C21H18N6O/c1-13-15(16-10-14(12-22)5-6-17(16)25-13)7-9-24-21(28)20-11-19(26-27-20)18-4-2-3-8-23-18/h2-6,8,10-11,25H,7,9H2,1H3,(H,24,28)(H,26,27). The van der Waals surface area contributed by atoms with Crippen molar-refractivity contribution < 1.29 is 4.79 Å². The van der Waals surface area contributed by atoms with Crippen LogP contribution in [0.25, 0.3) is 22.3 Å². The number of nitrogens with one attached hydrogen (secondary N) is 3. The van der Waals surface area contributed by atoms with Crippen LogP contribution in [0.1, 0.15) is 27.3 Å². The molecule has 0 bridgehead atoms. The number of nitrogens with zero attached hydrogens (tertiary/aromatic N) is 3. The highest BCUT2D eigenvalue weighted by Crippen LogP contribution is 2.23. The number of fused-ring (bicyclic) bond motifs is 1. The van der Waals surface area contributed by atoms with Crippen molar-refractivity contribution in [1.82, 2.24) is 25.5 Å². The second-order valence-corrected chi connectivity index (χ2v) is 6.49. The van der Waals surface area contributed by atoms with Gasteiger partial charge in [-0.1, -0.05) is 6.07 Å². The second kappa shape index (κ2) is 7.37. The van der Waals surface area contributed by atoms with Crippen LogP contribution in [-0.4, -0.2) is 32.6 Å². The number of H-pyrrole nitrogens is 2. The SMILES string of the molecule is Cc1[nH]c2ccc(C#N)cc2c1CCNC(=O)c1cc(-c2ccccn2)n[nH]1. The Kier molecular flexibility index (Phi) is 4.60. The van der Waals surface area contributed by atoms with Gasteiger partial charge < -0.3 is 10.3 Å². The van der Waals surface area contributed by atoms with Crippen molar-refractivity contribution in [2.24, 2.45) is 0 Å². The summed E-state index contributed by atoms with van der Waals surface area (Å²) in [7, 11) is 0. The molecule has 138 valence electrons. The molecule has 0 saturated carbocycles. The van der Waals surface area contributed by atoms with E-state index in [1.165, 1.54) is 0 Å². The topological polar surface area (TPSA) is 110 Å². The minimum Gasteiger partial charge on any atom is -0.358 e. The lowest BCUT2D eigenvalue weighted by atomic mass is 10.1. The molecule has 3 aromatic heterocycles. The van der Waals surface area contributed by atoms with E-state index >= 15 is 0 Å². The molecule has 4 rings (SSSR count). The molecule has 0 spiro atoms. The van der Waals surface area contributed by atoms with Gasteiger partial charge >= 0.3 is 0 Å². The molecular formula is C21H18N6O. The van der Waals surface area contributed by atoms with Crippen LogP contribution in [-0.2, 0) is 6.42 Å². The highest BCUT2D eigenvalue weighted by atomic mass is 16.1. The van der Waals surface area contributed by atoms with Crippen LogP contribution in [0.3, 0.4) is 0 Å². The Balaban J connectivity index is 1.44. The largest absolute Gasteiger partial charge is 0.358 e. The number of carbonyl (C=O) groups is 1. The van der Waals surface area contributed by atoms with Gasteiger partial charge in [0.25, 0.3) is 5.91 Å². The molecule has 7 heteroatoms. The van der Waals surface area contributed by atoms with Crippen LogP contribution < -0.4 is 5.32 Å². The van der Waals surface area contributed by atoms with E-state index in [9.17, 15) is 4.79 Å². The van der Waals surface area contributed by atoms with E-state index in [0.29, 0.717) is 35.6 Å². The van der Waals surface area contributed by atoms with Crippen LogP contribution in [0.2, 0.25) is 0 Å².